The Morgan fingerprint density at radius 1 is 0.960 bits per heavy atom. The smallest absolute Gasteiger partial charge is 0.417 e. The minimum atomic E-state index is -3.18. The van der Waals surface area contributed by atoms with Gasteiger partial charge in [-0.2, -0.15) is 10.2 Å². The molecule has 1 atom stereocenters. The van der Waals surface area contributed by atoms with Crippen LogP contribution >= 0.6 is 18.2 Å². The fourth-order valence-corrected chi connectivity index (χ4v) is 5.34. The fraction of sp³-hybridized carbons (Fsp3) is 0.333. The number of aryl methyl sites for hydroxylation is 1. The van der Waals surface area contributed by atoms with Gasteiger partial charge in [-0.25, -0.2) is 4.57 Å². The molecule has 2 aromatic rings. The zero-order chi connectivity index (χ0) is 18.1. The molecule has 0 aliphatic rings. The molecule has 1 unspecified atom stereocenters. The van der Waals surface area contributed by atoms with E-state index in [0.29, 0.717) is 18.0 Å². The summed E-state index contributed by atoms with van der Waals surface area (Å²) in [6.45, 7) is 3.02. The van der Waals surface area contributed by atoms with Crippen molar-refractivity contribution in [3.8, 4) is 5.75 Å². The Bertz CT molecular complexity index is 733. The Hall–Kier alpha value is -1.62. The van der Waals surface area contributed by atoms with Crippen molar-refractivity contribution in [2.45, 2.75) is 27.2 Å². The molecule has 0 saturated heterocycles. The van der Waals surface area contributed by atoms with Crippen molar-refractivity contribution in [3.05, 3.63) is 54.1 Å². The van der Waals surface area contributed by atoms with Crippen molar-refractivity contribution in [2.24, 2.45) is 10.2 Å². The Kier molecular flexibility index (Phi) is 7.69. The van der Waals surface area contributed by atoms with Crippen LogP contribution in [0.25, 0.3) is 0 Å². The summed E-state index contributed by atoms with van der Waals surface area (Å²) in [4.78, 5) is 0. The van der Waals surface area contributed by atoms with Crippen molar-refractivity contribution < 1.29 is 13.6 Å². The van der Waals surface area contributed by atoms with E-state index in [1.165, 1.54) is 16.9 Å². The normalized spacial score (nSPS) is 13.7. The van der Waals surface area contributed by atoms with Gasteiger partial charge in [-0.1, -0.05) is 24.6 Å². The van der Waals surface area contributed by atoms with Crippen molar-refractivity contribution in [3.63, 3.8) is 0 Å². The predicted octanol–water partition coefficient (Wildman–Crippen LogP) is 7.08. The topological polar surface area (TPSA) is 60.2 Å². The summed E-state index contributed by atoms with van der Waals surface area (Å²) < 4.78 is 23.6. The third-order valence-electron chi connectivity index (χ3n) is 3.11. The fourth-order valence-electron chi connectivity index (χ4n) is 1.88. The summed E-state index contributed by atoms with van der Waals surface area (Å²) in [7, 11) is 0. The van der Waals surface area contributed by atoms with Gasteiger partial charge in [0.15, 0.2) is 0 Å². The highest BCUT2D eigenvalue weighted by atomic mass is 32.7. The average molecular weight is 378 g/mol. The van der Waals surface area contributed by atoms with Gasteiger partial charge >= 0.3 is 6.80 Å². The number of nitrogens with zero attached hydrogens (tertiary/aromatic N) is 2. The summed E-state index contributed by atoms with van der Waals surface area (Å²) in [5, 5.41) is 8.39. The molecule has 0 aliphatic heterocycles. The van der Waals surface area contributed by atoms with Crippen LogP contribution in [-0.4, -0.2) is 12.4 Å². The molecule has 0 amide bonds. The SMILES string of the molecule is CCCSP(=O)(OCC)Oc1ccc(N=Nc2ccc(C)cc2)cc1. The highest BCUT2D eigenvalue weighted by Crippen LogP contribution is 2.60. The average Bonchev–Trinajstić information content (AvgIpc) is 2.61. The van der Waals surface area contributed by atoms with E-state index in [0.717, 1.165) is 17.9 Å². The molecule has 25 heavy (non-hydrogen) atoms. The molecule has 2 aromatic carbocycles. The van der Waals surface area contributed by atoms with E-state index in [4.69, 9.17) is 9.05 Å². The van der Waals surface area contributed by atoms with E-state index >= 15 is 0 Å². The first-order chi connectivity index (χ1) is 12.0. The summed E-state index contributed by atoms with van der Waals surface area (Å²) in [6.07, 6.45) is 0.906. The van der Waals surface area contributed by atoms with Crippen molar-refractivity contribution >= 4 is 29.6 Å². The lowest BCUT2D eigenvalue weighted by Crippen LogP contribution is -1.95. The Labute approximate surface area is 153 Å². The molecule has 2 rings (SSSR count). The summed E-state index contributed by atoms with van der Waals surface area (Å²) in [5.41, 5.74) is 2.67. The molecule has 0 spiro atoms. The zero-order valence-electron chi connectivity index (χ0n) is 14.7. The largest absolute Gasteiger partial charge is 0.440 e. The molecule has 0 aliphatic carbocycles. The lowest BCUT2D eigenvalue weighted by molar-refractivity contribution is 0.296. The highest BCUT2D eigenvalue weighted by molar-refractivity contribution is 8.55. The van der Waals surface area contributed by atoms with Crippen LogP contribution in [0.4, 0.5) is 11.4 Å². The molecule has 0 bridgehead atoms. The van der Waals surface area contributed by atoms with Gasteiger partial charge in [0.25, 0.3) is 0 Å². The number of hydrogen-bond acceptors (Lipinski definition) is 6. The molecule has 0 N–H and O–H groups in total. The molecular weight excluding hydrogens is 355 g/mol. The van der Waals surface area contributed by atoms with Gasteiger partial charge < -0.3 is 4.52 Å². The minimum absolute atomic E-state index is 0.344. The maximum absolute atomic E-state index is 12.6. The van der Waals surface area contributed by atoms with Crippen LogP contribution in [0.2, 0.25) is 0 Å². The van der Waals surface area contributed by atoms with Crippen LogP contribution in [-0.2, 0) is 9.09 Å². The first-order valence-corrected chi connectivity index (χ1v) is 11.3. The summed E-state index contributed by atoms with van der Waals surface area (Å²) in [5.74, 6) is 1.22. The lowest BCUT2D eigenvalue weighted by atomic mass is 10.2. The van der Waals surface area contributed by atoms with E-state index in [-0.39, 0.29) is 0 Å². The second kappa shape index (κ2) is 9.76. The predicted molar refractivity (Wildman–Crippen MR) is 104 cm³/mol. The van der Waals surface area contributed by atoms with Gasteiger partial charge in [0.05, 0.1) is 18.0 Å². The summed E-state index contributed by atoms with van der Waals surface area (Å²) in [6, 6.07) is 14.8. The van der Waals surface area contributed by atoms with Crippen molar-refractivity contribution in [1.82, 2.24) is 0 Å². The van der Waals surface area contributed by atoms with Crippen LogP contribution in [0.3, 0.4) is 0 Å². The van der Waals surface area contributed by atoms with E-state index in [9.17, 15) is 4.57 Å². The monoisotopic (exact) mass is 378 g/mol. The minimum Gasteiger partial charge on any atom is -0.417 e. The second-order valence-corrected chi connectivity index (χ2v) is 9.44. The molecule has 0 aromatic heterocycles. The summed E-state index contributed by atoms with van der Waals surface area (Å²) >= 11 is 1.23. The lowest BCUT2D eigenvalue weighted by Gasteiger charge is -2.17. The van der Waals surface area contributed by atoms with Crippen LogP contribution in [0.1, 0.15) is 25.8 Å². The van der Waals surface area contributed by atoms with Gasteiger partial charge in [-0.15, -0.1) is 0 Å². The third kappa shape index (κ3) is 6.65. The first kappa shape index (κ1) is 19.7. The van der Waals surface area contributed by atoms with E-state index in [2.05, 4.69) is 10.2 Å². The van der Waals surface area contributed by atoms with Gasteiger partial charge in [0, 0.05) is 5.75 Å². The molecule has 0 saturated carbocycles. The maximum Gasteiger partial charge on any atom is 0.440 e. The third-order valence-corrected chi connectivity index (χ3v) is 7.06. The molecular formula is C18H23N2O3PS. The van der Waals surface area contributed by atoms with Crippen molar-refractivity contribution in [2.75, 3.05) is 12.4 Å². The number of rotatable bonds is 9. The molecule has 0 fully saturated rings. The zero-order valence-corrected chi connectivity index (χ0v) is 16.4. The van der Waals surface area contributed by atoms with Gasteiger partial charge in [0.1, 0.15) is 5.75 Å². The van der Waals surface area contributed by atoms with Gasteiger partial charge in [0.2, 0.25) is 0 Å². The Balaban J connectivity index is 2.03. The van der Waals surface area contributed by atoms with Crippen LogP contribution in [0, 0.1) is 6.92 Å². The molecule has 134 valence electrons. The quantitative estimate of drug-likeness (QED) is 0.345. The van der Waals surface area contributed by atoms with Crippen molar-refractivity contribution in [1.29, 1.82) is 0 Å². The van der Waals surface area contributed by atoms with E-state index in [1.54, 1.807) is 31.2 Å². The number of benzene rings is 2. The molecule has 7 heteroatoms. The molecule has 0 radical (unpaired) electrons. The van der Waals surface area contributed by atoms with Gasteiger partial charge in [-0.3, -0.25) is 4.52 Å². The number of hydrogen-bond donors (Lipinski definition) is 0. The molecule has 5 nitrogen and oxygen atoms in total. The Morgan fingerprint density at radius 2 is 1.52 bits per heavy atom. The van der Waals surface area contributed by atoms with Gasteiger partial charge in [-0.05, 0) is 68.0 Å². The first-order valence-electron chi connectivity index (χ1n) is 8.22. The van der Waals surface area contributed by atoms with E-state index in [1.807, 2.05) is 38.1 Å². The van der Waals surface area contributed by atoms with E-state index < -0.39 is 6.80 Å². The maximum atomic E-state index is 12.6. The Morgan fingerprint density at radius 3 is 2.04 bits per heavy atom. The number of azo groups is 1. The second-order valence-electron chi connectivity index (χ2n) is 5.32. The highest BCUT2D eigenvalue weighted by Gasteiger charge is 2.26. The van der Waals surface area contributed by atoms with Crippen LogP contribution in [0.15, 0.2) is 58.8 Å². The van der Waals surface area contributed by atoms with Crippen LogP contribution < -0.4 is 4.52 Å². The van der Waals surface area contributed by atoms with Crippen LogP contribution in [0.5, 0.6) is 5.75 Å². The standard InChI is InChI=1S/C18H23N2O3PS/c1-4-14-25-24(21,22-5-2)23-18-12-10-17(11-13-18)20-19-16-8-6-15(3)7-9-16/h6-13H,4-5,14H2,1-3H3. The molecule has 0 heterocycles.